The van der Waals surface area contributed by atoms with E-state index in [-0.39, 0.29) is 11.6 Å². The molecule has 4 rings (SSSR count). The zero-order valence-corrected chi connectivity index (χ0v) is 14.1. The van der Waals surface area contributed by atoms with Gasteiger partial charge in [-0.15, -0.1) is 0 Å². The molecule has 26 heavy (non-hydrogen) atoms. The SMILES string of the molecule is Oc1ccc(-c2ccc(F)c(-c3ccccc3)c2)cc1-c1ccccc1. The average molecular weight is 340 g/mol. The maximum Gasteiger partial charge on any atom is 0.131 e. The summed E-state index contributed by atoms with van der Waals surface area (Å²) < 4.78 is 14.3. The molecule has 0 aliphatic carbocycles. The summed E-state index contributed by atoms with van der Waals surface area (Å²) in [5.74, 6) is -0.0210. The van der Waals surface area contributed by atoms with E-state index in [1.54, 1.807) is 12.1 Å². The van der Waals surface area contributed by atoms with E-state index < -0.39 is 0 Å². The van der Waals surface area contributed by atoms with Gasteiger partial charge in [-0.05, 0) is 46.5 Å². The van der Waals surface area contributed by atoms with Crippen molar-refractivity contribution in [3.05, 3.63) is 103 Å². The Hall–Kier alpha value is -3.39. The Morgan fingerprint density at radius 3 is 1.62 bits per heavy atom. The largest absolute Gasteiger partial charge is 0.507 e. The van der Waals surface area contributed by atoms with Crippen LogP contribution in [0.5, 0.6) is 5.75 Å². The van der Waals surface area contributed by atoms with Crippen molar-refractivity contribution in [1.82, 2.24) is 0 Å². The number of halogens is 1. The molecule has 0 fully saturated rings. The lowest BCUT2D eigenvalue weighted by Crippen LogP contribution is -1.87. The predicted molar refractivity (Wildman–Crippen MR) is 104 cm³/mol. The summed E-state index contributed by atoms with van der Waals surface area (Å²) in [5.41, 5.74) is 4.94. The number of rotatable bonds is 3. The van der Waals surface area contributed by atoms with Gasteiger partial charge in [0, 0.05) is 11.1 Å². The van der Waals surface area contributed by atoms with Crippen LogP contribution in [0.25, 0.3) is 33.4 Å². The van der Waals surface area contributed by atoms with Crippen molar-refractivity contribution in [2.75, 3.05) is 0 Å². The van der Waals surface area contributed by atoms with Crippen LogP contribution in [0.2, 0.25) is 0 Å². The first-order chi connectivity index (χ1) is 12.7. The fourth-order valence-corrected chi connectivity index (χ4v) is 3.11. The molecule has 126 valence electrons. The van der Waals surface area contributed by atoms with Gasteiger partial charge >= 0.3 is 0 Å². The minimum atomic E-state index is -0.248. The average Bonchev–Trinajstić information content (AvgIpc) is 2.70. The first-order valence-corrected chi connectivity index (χ1v) is 8.46. The van der Waals surface area contributed by atoms with Gasteiger partial charge < -0.3 is 5.11 Å². The summed E-state index contributed by atoms with van der Waals surface area (Å²) in [4.78, 5) is 0. The molecule has 2 heteroatoms. The van der Waals surface area contributed by atoms with Crippen molar-refractivity contribution >= 4 is 0 Å². The first kappa shape index (κ1) is 16.1. The number of benzene rings is 4. The second-order valence-corrected chi connectivity index (χ2v) is 6.16. The molecule has 0 saturated heterocycles. The summed E-state index contributed by atoms with van der Waals surface area (Å²) in [6.07, 6.45) is 0. The summed E-state index contributed by atoms with van der Waals surface area (Å²) in [5, 5.41) is 10.3. The highest BCUT2D eigenvalue weighted by Crippen LogP contribution is 2.35. The van der Waals surface area contributed by atoms with Crippen LogP contribution >= 0.6 is 0 Å². The van der Waals surface area contributed by atoms with E-state index in [0.717, 1.165) is 27.8 Å². The Morgan fingerprint density at radius 2 is 1.00 bits per heavy atom. The first-order valence-electron chi connectivity index (χ1n) is 8.46. The van der Waals surface area contributed by atoms with Crippen LogP contribution in [-0.4, -0.2) is 5.11 Å². The molecule has 0 bridgehead atoms. The van der Waals surface area contributed by atoms with Gasteiger partial charge in [0.1, 0.15) is 11.6 Å². The Morgan fingerprint density at radius 1 is 0.500 bits per heavy atom. The van der Waals surface area contributed by atoms with Gasteiger partial charge in [0.15, 0.2) is 0 Å². The second kappa shape index (κ2) is 6.85. The molecule has 0 aliphatic heterocycles. The number of phenolic OH excluding ortho intramolecular Hbond substituents is 1. The van der Waals surface area contributed by atoms with Crippen LogP contribution in [0.1, 0.15) is 0 Å². The van der Waals surface area contributed by atoms with E-state index in [0.29, 0.717) is 5.56 Å². The summed E-state index contributed by atoms with van der Waals surface area (Å²) in [7, 11) is 0. The second-order valence-electron chi connectivity index (χ2n) is 6.16. The van der Waals surface area contributed by atoms with Crippen LogP contribution in [-0.2, 0) is 0 Å². The molecule has 1 nitrogen and oxygen atoms in total. The number of aromatic hydroxyl groups is 1. The molecule has 0 atom stereocenters. The molecule has 4 aromatic rings. The molecule has 0 aromatic heterocycles. The fourth-order valence-electron chi connectivity index (χ4n) is 3.11. The van der Waals surface area contributed by atoms with E-state index >= 15 is 0 Å². The normalized spacial score (nSPS) is 10.7. The van der Waals surface area contributed by atoms with Gasteiger partial charge in [-0.3, -0.25) is 0 Å². The summed E-state index contributed by atoms with van der Waals surface area (Å²) >= 11 is 0. The molecule has 0 spiro atoms. The van der Waals surface area contributed by atoms with Crippen LogP contribution in [0.4, 0.5) is 4.39 Å². The lowest BCUT2D eigenvalue weighted by Gasteiger charge is -2.11. The van der Waals surface area contributed by atoms with Crippen LogP contribution in [0.15, 0.2) is 97.1 Å². The molecular weight excluding hydrogens is 323 g/mol. The molecule has 1 N–H and O–H groups in total. The van der Waals surface area contributed by atoms with E-state index in [9.17, 15) is 9.50 Å². The van der Waals surface area contributed by atoms with Crippen LogP contribution in [0.3, 0.4) is 0 Å². The third kappa shape index (κ3) is 3.09. The molecule has 4 aromatic carbocycles. The minimum Gasteiger partial charge on any atom is -0.507 e. The number of hydrogen-bond donors (Lipinski definition) is 1. The lowest BCUT2D eigenvalue weighted by atomic mass is 9.95. The zero-order valence-electron chi connectivity index (χ0n) is 14.1. The van der Waals surface area contributed by atoms with Gasteiger partial charge in [0.2, 0.25) is 0 Å². The van der Waals surface area contributed by atoms with Crippen LogP contribution in [0, 0.1) is 5.82 Å². The van der Waals surface area contributed by atoms with E-state index in [4.69, 9.17) is 0 Å². The van der Waals surface area contributed by atoms with Gasteiger partial charge in [-0.1, -0.05) is 72.8 Å². The molecular formula is C24H17FO. The maximum atomic E-state index is 14.3. The molecule has 0 heterocycles. The van der Waals surface area contributed by atoms with Crippen molar-refractivity contribution in [2.45, 2.75) is 0 Å². The third-order valence-electron chi connectivity index (χ3n) is 4.47. The van der Waals surface area contributed by atoms with Crippen LogP contribution < -0.4 is 0 Å². The maximum absolute atomic E-state index is 14.3. The van der Waals surface area contributed by atoms with Gasteiger partial charge in [0.25, 0.3) is 0 Å². The van der Waals surface area contributed by atoms with Gasteiger partial charge in [0.05, 0.1) is 0 Å². The van der Waals surface area contributed by atoms with E-state index in [1.165, 1.54) is 6.07 Å². The monoisotopic (exact) mass is 340 g/mol. The smallest absolute Gasteiger partial charge is 0.131 e. The van der Waals surface area contributed by atoms with E-state index in [1.807, 2.05) is 78.9 Å². The topological polar surface area (TPSA) is 20.2 Å². The molecule has 0 unspecified atom stereocenters. The minimum absolute atomic E-state index is 0.227. The summed E-state index contributed by atoms with van der Waals surface area (Å²) in [6.45, 7) is 0. The zero-order chi connectivity index (χ0) is 17.9. The van der Waals surface area contributed by atoms with Crippen molar-refractivity contribution in [3.8, 4) is 39.1 Å². The lowest BCUT2D eigenvalue weighted by molar-refractivity contribution is 0.477. The van der Waals surface area contributed by atoms with Gasteiger partial charge in [-0.25, -0.2) is 4.39 Å². The summed E-state index contributed by atoms with van der Waals surface area (Å²) in [6, 6.07) is 29.8. The molecule has 0 radical (unpaired) electrons. The van der Waals surface area contributed by atoms with E-state index in [2.05, 4.69) is 0 Å². The number of hydrogen-bond acceptors (Lipinski definition) is 1. The fraction of sp³-hybridized carbons (Fsp3) is 0. The highest BCUT2D eigenvalue weighted by atomic mass is 19.1. The predicted octanol–water partition coefficient (Wildman–Crippen LogP) is 6.53. The standard InChI is InChI=1S/C24H17FO/c25-23-13-11-19(15-21(23)17-7-3-1-4-8-17)20-12-14-24(26)22(16-20)18-9-5-2-6-10-18/h1-16,26H. The Labute approximate surface area is 152 Å². The van der Waals surface area contributed by atoms with Gasteiger partial charge in [-0.2, -0.15) is 0 Å². The molecule has 0 amide bonds. The quantitative estimate of drug-likeness (QED) is 0.449. The Kier molecular flexibility index (Phi) is 4.24. The highest BCUT2D eigenvalue weighted by molar-refractivity contribution is 5.79. The number of phenols is 1. The van der Waals surface area contributed by atoms with Crippen molar-refractivity contribution < 1.29 is 9.50 Å². The van der Waals surface area contributed by atoms with Crippen molar-refractivity contribution in [2.24, 2.45) is 0 Å². The van der Waals surface area contributed by atoms with Crippen molar-refractivity contribution in [3.63, 3.8) is 0 Å². The molecule has 0 aliphatic rings. The molecule has 0 saturated carbocycles. The Balaban J connectivity index is 1.82. The third-order valence-corrected chi connectivity index (χ3v) is 4.47. The highest BCUT2D eigenvalue weighted by Gasteiger charge is 2.10. The van der Waals surface area contributed by atoms with Crippen molar-refractivity contribution in [1.29, 1.82) is 0 Å². The Bertz CT molecular complexity index is 953.